The minimum Gasteiger partial charge on any atom is -0.432 e. The van der Waals surface area contributed by atoms with E-state index >= 15 is 0 Å². The summed E-state index contributed by atoms with van der Waals surface area (Å²) in [5.41, 5.74) is 3.69. The van der Waals surface area contributed by atoms with E-state index in [1.54, 1.807) is 17.6 Å². The van der Waals surface area contributed by atoms with E-state index in [9.17, 15) is 0 Å². The molecule has 0 saturated heterocycles. The molecule has 0 aliphatic carbocycles. The zero-order valence-electron chi connectivity index (χ0n) is 7.93. The van der Waals surface area contributed by atoms with Crippen molar-refractivity contribution in [3.05, 3.63) is 29.3 Å². The summed E-state index contributed by atoms with van der Waals surface area (Å²) < 4.78 is 5.19. The molecule has 6 heteroatoms. The van der Waals surface area contributed by atoms with Crippen LogP contribution in [-0.2, 0) is 0 Å². The fraction of sp³-hybridized carbons (Fsp3) is 0.111. The second kappa shape index (κ2) is 3.58. The molecule has 1 heterocycles. The summed E-state index contributed by atoms with van der Waals surface area (Å²) in [6.45, 7) is 1.91. The Morgan fingerprint density at radius 1 is 1.47 bits per heavy atom. The van der Waals surface area contributed by atoms with Crippen molar-refractivity contribution in [1.82, 2.24) is 4.98 Å². The highest BCUT2D eigenvalue weighted by atomic mass is 16.5. The maximum atomic E-state index is 8.73. The summed E-state index contributed by atoms with van der Waals surface area (Å²) in [5, 5.41) is 20.2. The summed E-state index contributed by atoms with van der Waals surface area (Å²) in [4.78, 5) is 4.02. The number of aryl methyl sites for hydroxylation is 1. The first-order chi connectivity index (χ1) is 7.24. The molecule has 6 nitrogen and oxygen atoms in total. The third-order valence-electron chi connectivity index (χ3n) is 1.95. The van der Waals surface area contributed by atoms with Crippen molar-refractivity contribution < 1.29 is 14.8 Å². The van der Waals surface area contributed by atoms with Gasteiger partial charge in [-0.15, -0.1) is 0 Å². The first kappa shape index (κ1) is 9.47. The average Bonchev–Trinajstić information content (AvgIpc) is 2.27. The van der Waals surface area contributed by atoms with Gasteiger partial charge in [-0.05, 0) is 29.8 Å². The maximum Gasteiger partial charge on any atom is 0.301 e. The molecular formula is C9H9N3O3. The van der Waals surface area contributed by atoms with Crippen molar-refractivity contribution in [3.8, 4) is 0 Å². The summed E-state index contributed by atoms with van der Waals surface area (Å²) in [5.74, 6) is -0.0319. The Bertz CT molecular complexity index is 562. The minimum absolute atomic E-state index is 0.0319. The van der Waals surface area contributed by atoms with Gasteiger partial charge >= 0.3 is 5.55 Å². The molecule has 0 aliphatic heterocycles. The molecule has 2 aromatic rings. The molecule has 3 N–H and O–H groups in total. The molecular weight excluding hydrogens is 198 g/mol. The number of fused-ring (bicyclic) bond motifs is 1. The zero-order chi connectivity index (χ0) is 10.8. The van der Waals surface area contributed by atoms with E-state index in [1.807, 2.05) is 13.0 Å². The highest BCUT2D eigenvalue weighted by Crippen LogP contribution is 2.13. The lowest BCUT2D eigenvalue weighted by atomic mass is 10.2. The van der Waals surface area contributed by atoms with E-state index in [4.69, 9.17) is 14.8 Å². The first-order valence-corrected chi connectivity index (χ1v) is 4.24. The Morgan fingerprint density at radius 3 is 2.93 bits per heavy atom. The molecule has 0 saturated carbocycles. The third-order valence-corrected chi connectivity index (χ3v) is 1.95. The summed E-state index contributed by atoms with van der Waals surface area (Å²) in [6.07, 6.45) is 0. The smallest absolute Gasteiger partial charge is 0.301 e. The lowest BCUT2D eigenvalue weighted by Gasteiger charge is -2.01. The van der Waals surface area contributed by atoms with Gasteiger partial charge in [0.2, 0.25) is 5.82 Å². The van der Waals surface area contributed by atoms with Crippen LogP contribution in [0.2, 0.25) is 0 Å². The van der Waals surface area contributed by atoms with Crippen LogP contribution in [0.4, 0.5) is 5.82 Å². The van der Waals surface area contributed by atoms with Gasteiger partial charge in [0.1, 0.15) is 5.52 Å². The van der Waals surface area contributed by atoms with Crippen LogP contribution in [-0.4, -0.2) is 15.4 Å². The second-order valence-corrected chi connectivity index (χ2v) is 3.05. The van der Waals surface area contributed by atoms with E-state index in [-0.39, 0.29) is 11.4 Å². The molecule has 0 bridgehead atoms. The summed E-state index contributed by atoms with van der Waals surface area (Å²) in [7, 11) is 0. The lowest BCUT2D eigenvalue weighted by molar-refractivity contribution is 0.274. The molecule has 0 unspecified atom stereocenters. The van der Waals surface area contributed by atoms with E-state index in [0.29, 0.717) is 11.1 Å². The highest BCUT2D eigenvalue weighted by molar-refractivity contribution is 5.73. The van der Waals surface area contributed by atoms with Crippen LogP contribution in [0.3, 0.4) is 0 Å². The third kappa shape index (κ3) is 1.62. The minimum atomic E-state index is -0.172. The van der Waals surface area contributed by atoms with Crippen molar-refractivity contribution in [2.45, 2.75) is 6.92 Å². The highest BCUT2D eigenvalue weighted by Gasteiger charge is 2.04. The fourth-order valence-electron chi connectivity index (χ4n) is 1.26. The van der Waals surface area contributed by atoms with Crippen LogP contribution in [0.1, 0.15) is 5.56 Å². The fourth-order valence-corrected chi connectivity index (χ4v) is 1.26. The monoisotopic (exact) mass is 207 g/mol. The number of benzene rings is 1. The number of rotatable bonds is 1. The van der Waals surface area contributed by atoms with E-state index in [0.717, 1.165) is 5.56 Å². The molecule has 1 aromatic carbocycles. The number of hydrogen-bond donors (Lipinski definition) is 3. The zero-order valence-corrected chi connectivity index (χ0v) is 7.93. The molecule has 2 rings (SSSR count). The summed E-state index contributed by atoms with van der Waals surface area (Å²) >= 11 is 0. The topological polar surface area (TPSA) is 90.9 Å². The van der Waals surface area contributed by atoms with E-state index in [2.05, 4.69) is 10.1 Å². The van der Waals surface area contributed by atoms with Gasteiger partial charge in [-0.3, -0.25) is 5.21 Å². The van der Waals surface area contributed by atoms with Crippen molar-refractivity contribution in [2.24, 2.45) is 5.16 Å². The number of aromatic nitrogens is 1. The predicted molar refractivity (Wildman–Crippen MR) is 51.5 cm³/mol. The van der Waals surface area contributed by atoms with Crippen molar-refractivity contribution >= 4 is 16.9 Å². The molecule has 0 fully saturated rings. The molecule has 0 spiro atoms. The number of hydrogen-bond acceptors (Lipinski definition) is 6. The average molecular weight is 207 g/mol. The van der Waals surface area contributed by atoms with Crippen LogP contribution >= 0.6 is 0 Å². The van der Waals surface area contributed by atoms with Crippen molar-refractivity contribution in [3.63, 3.8) is 0 Å². The molecule has 1 aromatic heterocycles. The number of nitrogens with zero attached hydrogens (tertiary/aromatic N) is 2. The van der Waals surface area contributed by atoms with Gasteiger partial charge in [0, 0.05) is 0 Å². The quantitative estimate of drug-likeness (QED) is 0.483. The van der Waals surface area contributed by atoms with Crippen LogP contribution in [0, 0.1) is 6.92 Å². The largest absolute Gasteiger partial charge is 0.432 e. The van der Waals surface area contributed by atoms with Gasteiger partial charge in [0.25, 0.3) is 0 Å². The molecule has 0 amide bonds. The van der Waals surface area contributed by atoms with Gasteiger partial charge in [0.15, 0.2) is 5.58 Å². The SMILES string of the molecule is Cc1ccc2o/c(=N/O)c(NO)nc2c1. The molecule has 0 radical (unpaired) electrons. The van der Waals surface area contributed by atoms with Gasteiger partial charge in [-0.1, -0.05) is 6.07 Å². The molecule has 78 valence electrons. The Morgan fingerprint density at radius 2 is 2.27 bits per heavy atom. The second-order valence-electron chi connectivity index (χ2n) is 3.05. The maximum absolute atomic E-state index is 8.73. The molecule has 0 aliphatic rings. The first-order valence-electron chi connectivity index (χ1n) is 4.24. The van der Waals surface area contributed by atoms with Crippen LogP contribution in [0.15, 0.2) is 27.8 Å². The Balaban J connectivity index is 2.82. The normalized spacial score (nSPS) is 12.0. The number of nitrogens with one attached hydrogen (secondary N) is 1. The van der Waals surface area contributed by atoms with Crippen molar-refractivity contribution in [1.29, 1.82) is 0 Å². The van der Waals surface area contributed by atoms with Gasteiger partial charge in [-0.25, -0.2) is 10.5 Å². The molecule has 0 atom stereocenters. The van der Waals surface area contributed by atoms with Gasteiger partial charge < -0.3 is 9.62 Å². The van der Waals surface area contributed by atoms with E-state index < -0.39 is 0 Å². The van der Waals surface area contributed by atoms with Gasteiger partial charge in [0.05, 0.1) is 0 Å². The Labute approximate surface area is 84.4 Å². The predicted octanol–water partition coefficient (Wildman–Crippen LogP) is 1.23. The van der Waals surface area contributed by atoms with Gasteiger partial charge in [-0.2, -0.15) is 0 Å². The lowest BCUT2D eigenvalue weighted by Crippen LogP contribution is -2.11. The van der Waals surface area contributed by atoms with E-state index in [1.165, 1.54) is 0 Å². The van der Waals surface area contributed by atoms with Crippen LogP contribution in [0.5, 0.6) is 0 Å². The number of anilines is 1. The van der Waals surface area contributed by atoms with Crippen LogP contribution in [0.25, 0.3) is 11.1 Å². The Hall–Kier alpha value is -2.08. The standard InChI is InChI=1S/C9H9N3O3/c1-5-2-3-7-6(4-5)10-8(11-13)9(12-14)15-7/h2-4,13-14H,1H3,(H,10,11)/b12-9+. The summed E-state index contributed by atoms with van der Waals surface area (Å²) in [6, 6.07) is 5.36. The van der Waals surface area contributed by atoms with Crippen LogP contribution < -0.4 is 11.0 Å². The Kier molecular flexibility index (Phi) is 2.26. The van der Waals surface area contributed by atoms with Crippen molar-refractivity contribution in [2.75, 3.05) is 5.48 Å². The molecule has 15 heavy (non-hydrogen) atoms.